The standard InChI is InChI=1S/C19H10Cl2F2N2O2/c1-8-4-14-17(19(26)25-9-2-3-11(20)12(21)5-9)16(18(8)27-14)10-6-15(23)24-7-13(10)22/h2-7H,1H3,(H,25,26). The number of aromatic nitrogens is 1. The maximum Gasteiger partial charge on any atom is 0.260 e. The summed E-state index contributed by atoms with van der Waals surface area (Å²) in [5.74, 6) is -2.17. The van der Waals surface area contributed by atoms with Crippen molar-refractivity contribution in [3.63, 3.8) is 0 Å². The molecular weight excluding hydrogens is 397 g/mol. The number of pyridine rings is 1. The van der Waals surface area contributed by atoms with E-state index in [1.807, 2.05) is 0 Å². The monoisotopic (exact) mass is 406 g/mol. The number of benzene rings is 2. The number of amides is 1. The first kappa shape index (κ1) is 17.7. The van der Waals surface area contributed by atoms with Crippen LogP contribution in [-0.2, 0) is 0 Å². The van der Waals surface area contributed by atoms with E-state index < -0.39 is 17.7 Å². The maximum absolute atomic E-state index is 14.3. The van der Waals surface area contributed by atoms with Gasteiger partial charge in [-0.25, -0.2) is 9.37 Å². The zero-order valence-corrected chi connectivity index (χ0v) is 15.3. The van der Waals surface area contributed by atoms with Crippen molar-refractivity contribution in [2.24, 2.45) is 0 Å². The van der Waals surface area contributed by atoms with Crippen LogP contribution in [0, 0.1) is 18.7 Å². The smallest absolute Gasteiger partial charge is 0.260 e. The highest BCUT2D eigenvalue weighted by molar-refractivity contribution is 6.42. The van der Waals surface area contributed by atoms with Gasteiger partial charge in [0.2, 0.25) is 5.95 Å². The third-order valence-corrected chi connectivity index (χ3v) is 4.88. The highest BCUT2D eigenvalue weighted by Crippen LogP contribution is 2.41. The second-order valence-electron chi connectivity index (χ2n) is 5.94. The molecule has 0 aliphatic heterocycles. The summed E-state index contributed by atoms with van der Waals surface area (Å²) in [6.45, 7) is 1.76. The van der Waals surface area contributed by atoms with E-state index >= 15 is 0 Å². The Morgan fingerprint density at radius 1 is 1.15 bits per heavy atom. The van der Waals surface area contributed by atoms with Crippen molar-refractivity contribution in [1.82, 2.24) is 4.98 Å². The van der Waals surface area contributed by atoms with Crippen molar-refractivity contribution in [2.75, 3.05) is 5.32 Å². The summed E-state index contributed by atoms with van der Waals surface area (Å²) in [4.78, 5) is 16.2. The van der Waals surface area contributed by atoms with Crippen LogP contribution in [0.1, 0.15) is 15.9 Å². The first-order valence-corrected chi connectivity index (χ1v) is 8.54. The number of hydrogen-bond acceptors (Lipinski definition) is 3. The number of hydrogen-bond donors (Lipinski definition) is 1. The van der Waals surface area contributed by atoms with Crippen LogP contribution >= 0.6 is 23.2 Å². The predicted molar refractivity (Wildman–Crippen MR) is 99.7 cm³/mol. The van der Waals surface area contributed by atoms with Gasteiger partial charge >= 0.3 is 0 Å². The number of fused-ring (bicyclic) bond motifs is 2. The molecule has 1 amide bonds. The Hall–Kier alpha value is -2.70. The van der Waals surface area contributed by atoms with Crippen LogP contribution in [0.3, 0.4) is 0 Å². The minimum absolute atomic E-state index is 0.0979. The lowest BCUT2D eigenvalue weighted by molar-refractivity contribution is 0.102. The first-order valence-electron chi connectivity index (χ1n) is 7.78. The van der Waals surface area contributed by atoms with Gasteiger partial charge in [0.05, 0.1) is 21.8 Å². The number of nitrogens with one attached hydrogen (secondary N) is 1. The molecule has 0 saturated carbocycles. The highest BCUT2D eigenvalue weighted by atomic mass is 35.5. The summed E-state index contributed by atoms with van der Waals surface area (Å²) >= 11 is 11.8. The number of nitrogens with zero attached hydrogens (tertiary/aromatic N) is 1. The number of aryl methyl sites for hydroxylation is 1. The molecule has 0 aliphatic carbocycles. The molecule has 0 radical (unpaired) electrons. The lowest BCUT2D eigenvalue weighted by Gasteiger charge is -2.10. The van der Waals surface area contributed by atoms with Crippen molar-refractivity contribution >= 4 is 46.0 Å². The van der Waals surface area contributed by atoms with Crippen LogP contribution in [0.25, 0.3) is 22.3 Å². The Kier molecular flexibility index (Phi) is 4.25. The van der Waals surface area contributed by atoms with E-state index in [0.717, 1.165) is 12.3 Å². The molecule has 27 heavy (non-hydrogen) atoms. The Labute approximate surface area is 162 Å². The highest BCUT2D eigenvalue weighted by Gasteiger charge is 2.28. The first-order chi connectivity index (χ1) is 12.8. The summed E-state index contributed by atoms with van der Waals surface area (Å²) in [5.41, 5.74) is 1.88. The lowest BCUT2D eigenvalue weighted by atomic mass is 9.97. The molecule has 4 rings (SSSR count). The SMILES string of the molecule is Cc1cc2oc1c(-c1cc(F)ncc1F)c2C(=O)Nc1ccc(Cl)c(Cl)c1. The van der Waals surface area contributed by atoms with Crippen molar-refractivity contribution in [3.8, 4) is 11.1 Å². The largest absolute Gasteiger partial charge is 0.456 e. The van der Waals surface area contributed by atoms with Crippen LogP contribution in [0.15, 0.2) is 40.9 Å². The molecule has 1 aromatic carbocycles. The van der Waals surface area contributed by atoms with Crippen LogP contribution in [0.2, 0.25) is 10.0 Å². The molecule has 4 nitrogen and oxygen atoms in total. The fourth-order valence-electron chi connectivity index (χ4n) is 2.94. The Balaban J connectivity index is 1.83. The molecule has 0 unspecified atom stereocenters. The summed E-state index contributed by atoms with van der Waals surface area (Å²) in [6.07, 6.45) is 0.766. The van der Waals surface area contributed by atoms with E-state index in [0.29, 0.717) is 21.9 Å². The van der Waals surface area contributed by atoms with Gasteiger partial charge in [-0.3, -0.25) is 4.79 Å². The molecule has 136 valence electrons. The topological polar surface area (TPSA) is 55.1 Å². The molecule has 2 bridgehead atoms. The number of anilines is 1. The van der Waals surface area contributed by atoms with E-state index in [-0.39, 0.29) is 27.3 Å². The van der Waals surface area contributed by atoms with E-state index in [9.17, 15) is 13.6 Å². The van der Waals surface area contributed by atoms with Gasteiger partial charge in [-0.05, 0) is 36.8 Å². The molecular formula is C19H10Cl2F2N2O2. The molecule has 1 N–H and O–H groups in total. The molecule has 0 fully saturated rings. The molecule has 8 heteroatoms. The van der Waals surface area contributed by atoms with Crippen molar-refractivity contribution in [3.05, 3.63) is 69.5 Å². The number of rotatable bonds is 3. The van der Waals surface area contributed by atoms with Crippen LogP contribution < -0.4 is 5.32 Å². The number of furan rings is 2. The van der Waals surface area contributed by atoms with Gasteiger partial charge in [-0.1, -0.05) is 23.2 Å². The van der Waals surface area contributed by atoms with Gasteiger partial charge in [0.25, 0.3) is 5.91 Å². The fraction of sp³-hybridized carbons (Fsp3) is 0.0526. The maximum atomic E-state index is 14.3. The van der Waals surface area contributed by atoms with Crippen LogP contribution in [0.5, 0.6) is 0 Å². The molecule has 3 heterocycles. The lowest BCUT2D eigenvalue weighted by Crippen LogP contribution is -2.13. The Morgan fingerprint density at radius 2 is 1.93 bits per heavy atom. The van der Waals surface area contributed by atoms with Crippen LogP contribution in [-0.4, -0.2) is 10.9 Å². The predicted octanol–water partition coefficient (Wildman–Crippen LogP) is 6.08. The van der Waals surface area contributed by atoms with Crippen molar-refractivity contribution < 1.29 is 18.0 Å². The summed E-state index contributed by atoms with van der Waals surface area (Å²) < 4.78 is 33.5. The molecule has 0 atom stereocenters. The quantitative estimate of drug-likeness (QED) is 0.419. The van der Waals surface area contributed by atoms with Crippen molar-refractivity contribution in [2.45, 2.75) is 6.92 Å². The fourth-order valence-corrected chi connectivity index (χ4v) is 3.24. The average Bonchev–Trinajstić information content (AvgIpc) is 3.17. The van der Waals surface area contributed by atoms with Gasteiger partial charge in [0, 0.05) is 22.9 Å². The van der Waals surface area contributed by atoms with Crippen molar-refractivity contribution in [1.29, 1.82) is 0 Å². The Morgan fingerprint density at radius 3 is 2.67 bits per heavy atom. The molecule has 0 spiro atoms. The molecule has 4 aromatic rings. The number of carbonyl (C=O) groups is 1. The number of carbonyl (C=O) groups excluding carboxylic acids is 1. The minimum Gasteiger partial charge on any atom is -0.456 e. The van der Waals surface area contributed by atoms with Gasteiger partial charge in [-0.2, -0.15) is 4.39 Å². The molecule has 0 saturated heterocycles. The van der Waals surface area contributed by atoms with E-state index in [1.165, 1.54) is 12.1 Å². The second kappa shape index (κ2) is 6.48. The third-order valence-electron chi connectivity index (χ3n) is 4.14. The van der Waals surface area contributed by atoms with Gasteiger partial charge in [0.15, 0.2) is 0 Å². The Bertz CT molecular complexity index is 1190. The van der Waals surface area contributed by atoms with Crippen LogP contribution in [0.4, 0.5) is 14.5 Å². The molecule has 3 aromatic heterocycles. The summed E-state index contributed by atoms with van der Waals surface area (Å²) in [6, 6.07) is 7.20. The zero-order chi connectivity index (χ0) is 19.3. The van der Waals surface area contributed by atoms with E-state index in [1.54, 1.807) is 19.1 Å². The zero-order valence-electron chi connectivity index (χ0n) is 13.7. The average molecular weight is 407 g/mol. The van der Waals surface area contributed by atoms with Gasteiger partial charge in [0.1, 0.15) is 17.0 Å². The second-order valence-corrected chi connectivity index (χ2v) is 6.76. The molecule has 0 aliphatic rings. The third kappa shape index (κ3) is 3.01. The summed E-state index contributed by atoms with van der Waals surface area (Å²) in [5, 5.41) is 3.28. The van der Waals surface area contributed by atoms with E-state index in [4.69, 9.17) is 27.6 Å². The number of halogens is 4. The van der Waals surface area contributed by atoms with Gasteiger partial charge < -0.3 is 9.73 Å². The summed E-state index contributed by atoms with van der Waals surface area (Å²) in [7, 11) is 0. The van der Waals surface area contributed by atoms with Gasteiger partial charge in [-0.15, -0.1) is 0 Å². The minimum atomic E-state index is -0.863. The normalized spacial score (nSPS) is 11.3. The van der Waals surface area contributed by atoms with E-state index in [2.05, 4.69) is 10.3 Å².